The second kappa shape index (κ2) is 9.08. The van der Waals surface area contributed by atoms with Crippen LogP contribution in [0.3, 0.4) is 0 Å². The van der Waals surface area contributed by atoms with Crippen LogP contribution in [0.25, 0.3) is 0 Å². The van der Waals surface area contributed by atoms with E-state index in [0.717, 1.165) is 4.31 Å². The lowest BCUT2D eigenvalue weighted by Crippen LogP contribution is -2.58. The highest BCUT2D eigenvalue weighted by molar-refractivity contribution is 7.89. The summed E-state index contributed by atoms with van der Waals surface area (Å²) in [6, 6.07) is 6.72. The van der Waals surface area contributed by atoms with E-state index in [4.69, 9.17) is 9.47 Å². The number of carbonyl (C=O) groups is 2. The van der Waals surface area contributed by atoms with Crippen molar-refractivity contribution in [1.82, 2.24) is 14.9 Å². The summed E-state index contributed by atoms with van der Waals surface area (Å²) >= 11 is 0. The molecule has 0 spiro atoms. The molecule has 144 valence electrons. The van der Waals surface area contributed by atoms with Crippen molar-refractivity contribution >= 4 is 21.8 Å². The number of ether oxygens (including phenoxy) is 2. The first kappa shape index (κ1) is 20.3. The molecule has 9 nitrogen and oxygen atoms in total. The van der Waals surface area contributed by atoms with Crippen molar-refractivity contribution in [1.29, 1.82) is 0 Å². The number of nitrogens with zero attached hydrogens (tertiary/aromatic N) is 1. The van der Waals surface area contributed by atoms with Gasteiger partial charge in [0, 0.05) is 27.3 Å². The Morgan fingerprint density at radius 1 is 1.31 bits per heavy atom. The molecule has 0 bridgehead atoms. The van der Waals surface area contributed by atoms with E-state index < -0.39 is 34.2 Å². The number of carbonyl (C=O) groups excluding carboxylic acids is 2. The smallest absolute Gasteiger partial charge is 0.243 e. The van der Waals surface area contributed by atoms with Gasteiger partial charge in [-0.2, -0.15) is 4.31 Å². The summed E-state index contributed by atoms with van der Waals surface area (Å²) < 4.78 is 36.7. The Bertz CT molecular complexity index is 721. The molecule has 0 radical (unpaired) electrons. The Labute approximate surface area is 152 Å². The number of rotatable bonds is 8. The molecule has 1 atom stereocenters. The minimum Gasteiger partial charge on any atom is -0.354 e. The van der Waals surface area contributed by atoms with Crippen molar-refractivity contribution in [3.05, 3.63) is 30.3 Å². The van der Waals surface area contributed by atoms with Crippen molar-refractivity contribution in [3.63, 3.8) is 0 Å². The van der Waals surface area contributed by atoms with Crippen LogP contribution in [0.5, 0.6) is 0 Å². The number of benzene rings is 1. The van der Waals surface area contributed by atoms with E-state index in [9.17, 15) is 18.0 Å². The fourth-order valence-corrected chi connectivity index (χ4v) is 4.22. The van der Waals surface area contributed by atoms with E-state index in [0.29, 0.717) is 0 Å². The van der Waals surface area contributed by atoms with Gasteiger partial charge in [0.2, 0.25) is 21.8 Å². The third kappa shape index (κ3) is 4.79. The van der Waals surface area contributed by atoms with Crippen LogP contribution in [0, 0.1) is 0 Å². The lowest BCUT2D eigenvalue weighted by atomic mass is 10.1. The van der Waals surface area contributed by atoms with Gasteiger partial charge in [-0.3, -0.25) is 9.59 Å². The Kier molecular flexibility index (Phi) is 7.09. The lowest BCUT2D eigenvalue weighted by molar-refractivity contribution is -0.133. The van der Waals surface area contributed by atoms with Crippen LogP contribution in [0.4, 0.5) is 0 Å². The second-order valence-electron chi connectivity index (χ2n) is 5.64. The molecule has 10 heteroatoms. The molecule has 0 unspecified atom stereocenters. The van der Waals surface area contributed by atoms with Crippen LogP contribution >= 0.6 is 0 Å². The molecule has 0 aromatic heterocycles. The predicted molar refractivity (Wildman–Crippen MR) is 92.6 cm³/mol. The highest BCUT2D eigenvalue weighted by Gasteiger charge is 2.39. The Balaban J connectivity index is 2.13. The molecule has 1 aliphatic heterocycles. The molecular formula is C16H23N3O6S. The van der Waals surface area contributed by atoms with Gasteiger partial charge in [0.1, 0.15) is 6.04 Å². The van der Waals surface area contributed by atoms with Crippen molar-refractivity contribution in [2.45, 2.75) is 23.6 Å². The summed E-state index contributed by atoms with van der Waals surface area (Å²) in [7, 11) is -1.02. The molecule has 2 N–H and O–H groups in total. The summed E-state index contributed by atoms with van der Waals surface area (Å²) in [4.78, 5) is 24.5. The fourth-order valence-electron chi connectivity index (χ4n) is 2.61. The van der Waals surface area contributed by atoms with Gasteiger partial charge in [0.15, 0.2) is 6.29 Å². The molecule has 2 amide bonds. The quantitative estimate of drug-likeness (QED) is 0.572. The van der Waals surface area contributed by atoms with E-state index in [-0.39, 0.29) is 31.0 Å². The summed E-state index contributed by atoms with van der Waals surface area (Å²) in [5.74, 6) is -0.972. The number of hydrogen-bond donors (Lipinski definition) is 2. The third-order valence-electron chi connectivity index (χ3n) is 4.00. The average Bonchev–Trinajstić information content (AvgIpc) is 2.65. The molecule has 0 saturated carbocycles. The van der Waals surface area contributed by atoms with Gasteiger partial charge < -0.3 is 20.1 Å². The first-order valence-electron chi connectivity index (χ1n) is 8.07. The maximum atomic E-state index is 12.9. The average molecular weight is 385 g/mol. The highest BCUT2D eigenvalue weighted by atomic mass is 32.2. The molecule has 1 heterocycles. The minimum absolute atomic E-state index is 0.0824. The number of hydrogen-bond acceptors (Lipinski definition) is 6. The van der Waals surface area contributed by atoms with Crippen molar-refractivity contribution < 1.29 is 27.5 Å². The van der Waals surface area contributed by atoms with Gasteiger partial charge >= 0.3 is 0 Å². The first-order chi connectivity index (χ1) is 12.4. The van der Waals surface area contributed by atoms with Gasteiger partial charge in [0.25, 0.3) is 0 Å². The van der Waals surface area contributed by atoms with E-state index in [2.05, 4.69) is 10.6 Å². The third-order valence-corrected chi connectivity index (χ3v) is 5.92. The molecule has 1 aromatic rings. The van der Waals surface area contributed by atoms with Crippen LogP contribution in [0.1, 0.15) is 6.42 Å². The summed E-state index contributed by atoms with van der Waals surface area (Å²) in [5.41, 5.74) is 0. The SMILES string of the molecule is COC(CNC(=O)C[C@H]1C(=O)NCCN1S(=O)(=O)c1ccccc1)OC. The Morgan fingerprint density at radius 3 is 2.58 bits per heavy atom. The number of nitrogens with one attached hydrogen (secondary N) is 2. The van der Waals surface area contributed by atoms with Crippen LogP contribution in [-0.4, -0.2) is 70.7 Å². The number of piperazine rings is 1. The van der Waals surface area contributed by atoms with Crippen molar-refractivity contribution in [2.24, 2.45) is 0 Å². The zero-order valence-electron chi connectivity index (χ0n) is 14.7. The van der Waals surface area contributed by atoms with E-state index in [1.165, 1.54) is 26.4 Å². The standard InChI is InChI=1S/C16H23N3O6S/c1-24-15(25-2)11-18-14(20)10-13-16(21)17-8-9-19(13)26(22,23)12-6-4-3-5-7-12/h3-7,13,15H,8-11H2,1-2H3,(H,17,21)(H,18,20)/t13-/m0/s1. The normalized spacial score (nSPS) is 18.6. The number of sulfonamides is 1. The van der Waals surface area contributed by atoms with Gasteiger partial charge in [-0.25, -0.2) is 8.42 Å². The molecular weight excluding hydrogens is 362 g/mol. The maximum Gasteiger partial charge on any atom is 0.243 e. The zero-order chi connectivity index (χ0) is 19.2. The largest absolute Gasteiger partial charge is 0.354 e. The number of amides is 2. The van der Waals surface area contributed by atoms with Crippen LogP contribution in [0.15, 0.2) is 35.2 Å². The predicted octanol–water partition coefficient (Wildman–Crippen LogP) is -0.699. The Hall–Kier alpha value is -2.01. The van der Waals surface area contributed by atoms with Crippen molar-refractivity contribution in [3.8, 4) is 0 Å². The second-order valence-corrected chi connectivity index (χ2v) is 7.54. The van der Waals surface area contributed by atoms with Gasteiger partial charge in [0.05, 0.1) is 17.9 Å². The molecule has 1 fully saturated rings. The molecule has 1 saturated heterocycles. The van der Waals surface area contributed by atoms with Gasteiger partial charge in [-0.15, -0.1) is 0 Å². The zero-order valence-corrected chi connectivity index (χ0v) is 15.5. The molecule has 0 aliphatic carbocycles. The van der Waals surface area contributed by atoms with E-state index >= 15 is 0 Å². The summed E-state index contributed by atoms with van der Waals surface area (Å²) in [5, 5.41) is 5.18. The molecule has 1 aliphatic rings. The van der Waals surface area contributed by atoms with E-state index in [1.54, 1.807) is 18.2 Å². The van der Waals surface area contributed by atoms with Gasteiger partial charge in [-0.1, -0.05) is 18.2 Å². The highest BCUT2D eigenvalue weighted by Crippen LogP contribution is 2.21. The summed E-state index contributed by atoms with van der Waals surface area (Å²) in [6.07, 6.45) is -0.916. The first-order valence-corrected chi connectivity index (χ1v) is 9.51. The van der Waals surface area contributed by atoms with Crippen LogP contribution in [-0.2, 0) is 29.1 Å². The molecule has 2 rings (SSSR count). The molecule has 1 aromatic carbocycles. The van der Waals surface area contributed by atoms with Gasteiger partial charge in [-0.05, 0) is 12.1 Å². The summed E-state index contributed by atoms with van der Waals surface area (Å²) in [6.45, 7) is 0.379. The van der Waals surface area contributed by atoms with Crippen LogP contribution in [0.2, 0.25) is 0 Å². The van der Waals surface area contributed by atoms with Crippen LogP contribution < -0.4 is 10.6 Å². The molecule has 26 heavy (non-hydrogen) atoms. The lowest BCUT2D eigenvalue weighted by Gasteiger charge is -2.33. The fraction of sp³-hybridized carbons (Fsp3) is 0.500. The topological polar surface area (TPSA) is 114 Å². The Morgan fingerprint density at radius 2 is 1.96 bits per heavy atom. The minimum atomic E-state index is -3.89. The monoisotopic (exact) mass is 385 g/mol. The van der Waals surface area contributed by atoms with E-state index in [1.807, 2.05) is 0 Å². The van der Waals surface area contributed by atoms with Crippen molar-refractivity contribution in [2.75, 3.05) is 33.9 Å². The maximum absolute atomic E-state index is 12.9. The number of methoxy groups -OCH3 is 2.